The minimum Gasteiger partial charge on any atom is -0.395 e. The predicted octanol–water partition coefficient (Wildman–Crippen LogP) is 4.38. The molecule has 1 aliphatic carbocycles. The van der Waals surface area contributed by atoms with Crippen LogP contribution in [0, 0.1) is 0 Å². The molecule has 35 heavy (non-hydrogen) atoms. The van der Waals surface area contributed by atoms with Gasteiger partial charge in [0.15, 0.2) is 0 Å². The number of hydrogen-bond donors (Lipinski definition) is 1. The highest BCUT2D eigenvalue weighted by atomic mass is 32.2. The van der Waals surface area contributed by atoms with Gasteiger partial charge in [-0.25, -0.2) is 8.42 Å². The molecule has 0 bridgehead atoms. The lowest BCUT2D eigenvalue weighted by atomic mass is 9.68. The maximum Gasteiger partial charge on any atom is 0.221 e. The van der Waals surface area contributed by atoms with Crippen LogP contribution in [0.3, 0.4) is 0 Å². The molecule has 2 fully saturated rings. The summed E-state index contributed by atoms with van der Waals surface area (Å²) in [5.41, 5.74) is 2.71. The molecular weight excluding hydrogens is 460 g/mol. The fraction of sp³-hybridized carbons (Fsp3) is 0.481. The van der Waals surface area contributed by atoms with Crippen LogP contribution in [0.15, 0.2) is 67.3 Å². The molecule has 0 radical (unpaired) electrons. The predicted molar refractivity (Wildman–Crippen MR) is 135 cm³/mol. The molecule has 186 valence electrons. The molecule has 7 nitrogen and oxygen atoms in total. The highest BCUT2D eigenvalue weighted by molar-refractivity contribution is 7.89. The Bertz CT molecular complexity index is 1210. The lowest BCUT2D eigenvalue weighted by molar-refractivity contribution is 0.132. The van der Waals surface area contributed by atoms with Crippen molar-refractivity contribution < 1.29 is 13.5 Å². The first-order valence-corrected chi connectivity index (χ1v) is 14.0. The van der Waals surface area contributed by atoms with E-state index in [4.69, 9.17) is 0 Å². The van der Waals surface area contributed by atoms with Crippen molar-refractivity contribution in [2.75, 3.05) is 6.61 Å². The van der Waals surface area contributed by atoms with Crippen LogP contribution in [0.4, 0.5) is 0 Å². The van der Waals surface area contributed by atoms with Gasteiger partial charge in [-0.05, 0) is 62.1 Å². The Balaban J connectivity index is 1.31. The van der Waals surface area contributed by atoms with Gasteiger partial charge in [-0.2, -0.15) is 4.31 Å². The molecule has 2 aromatic carbocycles. The van der Waals surface area contributed by atoms with Crippen molar-refractivity contribution in [3.8, 4) is 0 Å². The number of aromatic nitrogens is 3. The molecule has 0 spiro atoms. The summed E-state index contributed by atoms with van der Waals surface area (Å²) in [5.74, 6) is 0. The minimum absolute atomic E-state index is 0.0311. The molecule has 5 rings (SSSR count). The monoisotopic (exact) mass is 494 g/mol. The first-order valence-electron chi connectivity index (χ1n) is 12.5. The molecule has 0 amide bonds. The second-order valence-electron chi connectivity index (χ2n) is 10.2. The van der Waals surface area contributed by atoms with E-state index in [0.717, 1.165) is 48.8 Å². The zero-order valence-electron chi connectivity index (χ0n) is 20.2. The molecule has 2 atom stereocenters. The van der Waals surface area contributed by atoms with Crippen LogP contribution in [0.25, 0.3) is 0 Å². The molecular formula is C27H34N4O3S. The highest BCUT2D eigenvalue weighted by Gasteiger charge is 2.41. The van der Waals surface area contributed by atoms with Gasteiger partial charge in [0.1, 0.15) is 17.9 Å². The number of aliphatic hydroxyl groups excluding tert-OH is 1. The van der Waals surface area contributed by atoms with E-state index in [1.807, 2.05) is 49.4 Å². The largest absolute Gasteiger partial charge is 0.395 e. The van der Waals surface area contributed by atoms with Crippen molar-refractivity contribution in [3.63, 3.8) is 0 Å². The molecule has 1 N–H and O–H groups in total. The van der Waals surface area contributed by atoms with Crippen molar-refractivity contribution >= 4 is 10.0 Å². The minimum atomic E-state index is -3.46. The maximum atomic E-state index is 13.6. The first-order chi connectivity index (χ1) is 16.9. The van der Waals surface area contributed by atoms with E-state index >= 15 is 0 Å². The number of nitrogens with zero attached hydrogens (tertiary/aromatic N) is 4. The van der Waals surface area contributed by atoms with E-state index in [0.29, 0.717) is 19.0 Å². The number of hydrogen-bond acceptors (Lipinski definition) is 5. The molecule has 2 aliphatic rings. The molecule has 8 heteroatoms. The third kappa shape index (κ3) is 4.67. The second kappa shape index (κ2) is 9.84. The summed E-state index contributed by atoms with van der Waals surface area (Å²) in [7, 11) is -3.46. The zero-order valence-corrected chi connectivity index (χ0v) is 21.0. The fourth-order valence-electron chi connectivity index (χ4n) is 5.88. The summed E-state index contributed by atoms with van der Waals surface area (Å²) in [6.07, 6.45) is 8.74. The Morgan fingerprint density at radius 3 is 2.23 bits per heavy atom. The second-order valence-corrected chi connectivity index (χ2v) is 12.3. The van der Waals surface area contributed by atoms with E-state index < -0.39 is 15.3 Å². The van der Waals surface area contributed by atoms with Gasteiger partial charge in [0.05, 0.1) is 6.61 Å². The number of rotatable bonds is 6. The van der Waals surface area contributed by atoms with E-state index in [2.05, 4.69) is 26.9 Å². The Morgan fingerprint density at radius 2 is 1.60 bits per heavy atom. The topological polar surface area (TPSA) is 88.3 Å². The third-order valence-corrected chi connectivity index (χ3v) is 10.5. The van der Waals surface area contributed by atoms with Crippen molar-refractivity contribution in [1.82, 2.24) is 19.1 Å². The Morgan fingerprint density at radius 1 is 0.943 bits per heavy atom. The smallest absolute Gasteiger partial charge is 0.221 e. The van der Waals surface area contributed by atoms with Crippen molar-refractivity contribution in [2.24, 2.45) is 0 Å². The summed E-state index contributed by atoms with van der Waals surface area (Å²) in [6, 6.07) is 18.1. The SMILES string of the molecule is CC1CCC(c2ccccc2)S(=O)(=O)N1Cc1ccc(C2(CO)CCC(n3cnnc3)CC2)cc1. The molecule has 1 saturated heterocycles. The molecule has 2 unspecified atom stereocenters. The number of benzene rings is 2. The van der Waals surface area contributed by atoms with Crippen LogP contribution in [-0.4, -0.2) is 45.2 Å². The standard InChI is InChI=1S/C27H34N4O3S/c1-21-7-12-26(23-5-3-2-4-6-23)35(33,34)31(21)17-22-8-10-24(11-9-22)27(18-32)15-13-25(14-16-27)30-19-28-29-20-30/h2-6,8-11,19-21,25-26,32H,7,12-18H2,1H3. The zero-order chi connectivity index (χ0) is 24.5. The third-order valence-electron chi connectivity index (χ3n) is 8.17. The summed E-state index contributed by atoms with van der Waals surface area (Å²) in [4.78, 5) is 0. The van der Waals surface area contributed by atoms with Gasteiger partial charge in [0.2, 0.25) is 10.0 Å². The summed E-state index contributed by atoms with van der Waals surface area (Å²) >= 11 is 0. The summed E-state index contributed by atoms with van der Waals surface area (Å²) < 4.78 is 30.8. The lowest BCUT2D eigenvalue weighted by Crippen LogP contribution is -2.44. The van der Waals surface area contributed by atoms with Crippen molar-refractivity contribution in [1.29, 1.82) is 0 Å². The van der Waals surface area contributed by atoms with Crippen LogP contribution in [-0.2, 0) is 22.0 Å². The van der Waals surface area contributed by atoms with Crippen LogP contribution < -0.4 is 0 Å². The molecule has 1 saturated carbocycles. The van der Waals surface area contributed by atoms with E-state index in [9.17, 15) is 13.5 Å². The van der Waals surface area contributed by atoms with Gasteiger partial charge < -0.3 is 9.67 Å². The van der Waals surface area contributed by atoms with Crippen LogP contribution in [0.5, 0.6) is 0 Å². The van der Waals surface area contributed by atoms with Crippen molar-refractivity contribution in [3.05, 3.63) is 83.9 Å². The van der Waals surface area contributed by atoms with Gasteiger partial charge >= 0.3 is 0 Å². The first kappa shape index (κ1) is 24.2. The van der Waals surface area contributed by atoms with Crippen LogP contribution in [0.2, 0.25) is 0 Å². The van der Waals surface area contributed by atoms with E-state index in [-0.39, 0.29) is 18.1 Å². The van der Waals surface area contributed by atoms with E-state index in [1.54, 1.807) is 17.0 Å². The number of aliphatic hydroxyl groups is 1. The van der Waals surface area contributed by atoms with Gasteiger partial charge in [0, 0.05) is 24.0 Å². The average Bonchev–Trinajstić information content (AvgIpc) is 3.42. The van der Waals surface area contributed by atoms with Crippen LogP contribution in [0.1, 0.15) is 73.4 Å². The van der Waals surface area contributed by atoms with Gasteiger partial charge in [0.25, 0.3) is 0 Å². The van der Waals surface area contributed by atoms with E-state index in [1.165, 1.54) is 0 Å². The Hall–Kier alpha value is -2.55. The van der Waals surface area contributed by atoms with Gasteiger partial charge in [-0.3, -0.25) is 0 Å². The van der Waals surface area contributed by atoms with Gasteiger partial charge in [-0.15, -0.1) is 10.2 Å². The number of sulfonamides is 1. The van der Waals surface area contributed by atoms with Crippen LogP contribution >= 0.6 is 0 Å². The molecule has 3 aromatic rings. The average molecular weight is 495 g/mol. The highest BCUT2D eigenvalue weighted by Crippen LogP contribution is 2.43. The summed E-state index contributed by atoms with van der Waals surface area (Å²) in [6.45, 7) is 2.48. The lowest BCUT2D eigenvalue weighted by Gasteiger charge is -2.40. The Labute approximate surface area is 207 Å². The molecule has 2 heterocycles. The Kier molecular flexibility index (Phi) is 6.79. The fourth-order valence-corrected chi connectivity index (χ4v) is 8.08. The summed E-state index contributed by atoms with van der Waals surface area (Å²) in [5, 5.41) is 17.7. The maximum absolute atomic E-state index is 13.6. The normalized spacial score (nSPS) is 29.1. The van der Waals surface area contributed by atoms with Gasteiger partial charge in [-0.1, -0.05) is 54.6 Å². The molecule has 1 aliphatic heterocycles. The molecule has 1 aromatic heterocycles. The van der Waals surface area contributed by atoms with Crippen molar-refractivity contribution in [2.45, 2.75) is 74.7 Å². The quantitative estimate of drug-likeness (QED) is 0.549.